The van der Waals surface area contributed by atoms with Gasteiger partial charge in [0, 0.05) is 25.2 Å². The van der Waals surface area contributed by atoms with Crippen LogP contribution in [0.15, 0.2) is 48.8 Å². The van der Waals surface area contributed by atoms with Gasteiger partial charge in [0.1, 0.15) is 11.5 Å². The molecule has 3 nitrogen and oxygen atoms in total. The Morgan fingerprint density at radius 3 is 2.30 bits per heavy atom. The molecule has 2 rings (SSSR count). The maximum atomic E-state index is 10.9. The predicted octanol–water partition coefficient (Wildman–Crippen LogP) is 3.22. The summed E-state index contributed by atoms with van der Waals surface area (Å²) >= 11 is 0. The molecule has 0 fully saturated rings. The van der Waals surface area contributed by atoms with Gasteiger partial charge in [-0.1, -0.05) is 12.1 Å². The molecule has 0 atom stereocenters. The van der Waals surface area contributed by atoms with Gasteiger partial charge in [0.15, 0.2) is 0 Å². The van der Waals surface area contributed by atoms with Gasteiger partial charge in [-0.05, 0) is 48.7 Å². The fraction of sp³-hybridized carbons (Fsp3) is 0.294. The summed E-state index contributed by atoms with van der Waals surface area (Å²) in [5, 5.41) is 0. The Bertz CT molecular complexity index is 535. The van der Waals surface area contributed by atoms with Crippen LogP contribution in [0, 0.1) is 0 Å². The third-order valence-electron chi connectivity index (χ3n) is 3.10. The number of ether oxygens (including phenoxy) is 1. The van der Waals surface area contributed by atoms with Crippen LogP contribution in [0.1, 0.15) is 24.5 Å². The second kappa shape index (κ2) is 7.43. The van der Waals surface area contributed by atoms with Crippen molar-refractivity contribution in [3.8, 4) is 5.75 Å². The minimum absolute atomic E-state index is 0.225. The molecule has 0 radical (unpaired) electrons. The van der Waals surface area contributed by atoms with Gasteiger partial charge in [-0.3, -0.25) is 4.98 Å². The number of benzene rings is 1. The molecule has 1 aromatic carbocycles. The lowest BCUT2D eigenvalue weighted by Crippen LogP contribution is -2.01. The van der Waals surface area contributed by atoms with E-state index in [9.17, 15) is 4.79 Å². The van der Waals surface area contributed by atoms with Crippen molar-refractivity contribution in [1.29, 1.82) is 0 Å². The van der Waals surface area contributed by atoms with E-state index in [-0.39, 0.29) is 5.78 Å². The quantitative estimate of drug-likeness (QED) is 0.774. The molecule has 2 aromatic rings. The van der Waals surface area contributed by atoms with Crippen LogP contribution in [0.25, 0.3) is 0 Å². The van der Waals surface area contributed by atoms with Crippen LogP contribution in [0.3, 0.4) is 0 Å². The summed E-state index contributed by atoms with van der Waals surface area (Å²) in [5.41, 5.74) is 2.39. The molecule has 0 saturated carbocycles. The molecule has 104 valence electrons. The molecule has 0 N–H and O–H groups in total. The second-order valence-electron chi connectivity index (χ2n) is 4.80. The summed E-state index contributed by atoms with van der Waals surface area (Å²) in [7, 11) is 0. The summed E-state index contributed by atoms with van der Waals surface area (Å²) < 4.78 is 5.70. The SMILES string of the molecule is CC(=O)CCc1ccc(OCCc2ccncc2)cc1. The van der Waals surface area contributed by atoms with Crippen molar-refractivity contribution in [2.75, 3.05) is 6.61 Å². The van der Waals surface area contributed by atoms with Crippen LogP contribution in [0.2, 0.25) is 0 Å². The van der Waals surface area contributed by atoms with Crippen LogP contribution in [-0.4, -0.2) is 17.4 Å². The summed E-state index contributed by atoms with van der Waals surface area (Å²) in [6.45, 7) is 2.27. The van der Waals surface area contributed by atoms with Gasteiger partial charge in [-0.25, -0.2) is 0 Å². The Morgan fingerprint density at radius 1 is 1.00 bits per heavy atom. The van der Waals surface area contributed by atoms with Crippen LogP contribution in [0.4, 0.5) is 0 Å². The van der Waals surface area contributed by atoms with Crippen molar-refractivity contribution in [1.82, 2.24) is 4.98 Å². The van der Waals surface area contributed by atoms with Crippen molar-refractivity contribution in [3.05, 3.63) is 59.9 Å². The Hall–Kier alpha value is -2.16. The van der Waals surface area contributed by atoms with E-state index in [0.29, 0.717) is 13.0 Å². The molecular weight excluding hydrogens is 250 g/mol. The first kappa shape index (κ1) is 14.3. The molecular formula is C17H19NO2. The van der Waals surface area contributed by atoms with Crippen LogP contribution in [0.5, 0.6) is 5.75 Å². The number of carbonyl (C=O) groups excluding carboxylic acids is 1. The highest BCUT2D eigenvalue weighted by atomic mass is 16.5. The number of aryl methyl sites for hydroxylation is 1. The molecule has 1 aromatic heterocycles. The number of rotatable bonds is 7. The molecule has 20 heavy (non-hydrogen) atoms. The molecule has 0 aliphatic heterocycles. The molecule has 0 aliphatic rings. The Kier molecular flexibility index (Phi) is 5.30. The lowest BCUT2D eigenvalue weighted by atomic mass is 10.1. The van der Waals surface area contributed by atoms with Crippen LogP contribution in [-0.2, 0) is 17.6 Å². The number of nitrogens with zero attached hydrogens (tertiary/aromatic N) is 1. The Morgan fingerprint density at radius 2 is 1.65 bits per heavy atom. The fourth-order valence-electron chi connectivity index (χ4n) is 1.91. The Balaban J connectivity index is 1.77. The summed E-state index contributed by atoms with van der Waals surface area (Å²) in [6, 6.07) is 11.9. The number of hydrogen-bond donors (Lipinski definition) is 0. The third kappa shape index (κ3) is 4.84. The van der Waals surface area contributed by atoms with Crippen molar-refractivity contribution in [2.24, 2.45) is 0 Å². The number of ketones is 1. The lowest BCUT2D eigenvalue weighted by molar-refractivity contribution is -0.116. The van der Waals surface area contributed by atoms with Crippen molar-refractivity contribution in [2.45, 2.75) is 26.2 Å². The highest BCUT2D eigenvalue weighted by molar-refractivity contribution is 5.75. The number of hydrogen-bond acceptors (Lipinski definition) is 3. The smallest absolute Gasteiger partial charge is 0.130 e. The standard InChI is InChI=1S/C17H19NO2/c1-14(19)2-3-15-4-6-17(7-5-15)20-13-10-16-8-11-18-12-9-16/h4-9,11-12H,2-3,10,13H2,1H3. The van der Waals surface area contributed by atoms with E-state index in [2.05, 4.69) is 4.98 Å². The normalized spacial score (nSPS) is 10.2. The van der Waals surface area contributed by atoms with Crippen molar-refractivity contribution in [3.63, 3.8) is 0 Å². The minimum Gasteiger partial charge on any atom is -0.493 e. The fourth-order valence-corrected chi connectivity index (χ4v) is 1.91. The van der Waals surface area contributed by atoms with Gasteiger partial charge in [-0.15, -0.1) is 0 Å². The molecule has 1 heterocycles. The monoisotopic (exact) mass is 269 g/mol. The number of aromatic nitrogens is 1. The van der Waals surface area contributed by atoms with Gasteiger partial charge in [0.05, 0.1) is 6.61 Å². The largest absolute Gasteiger partial charge is 0.493 e. The van der Waals surface area contributed by atoms with Crippen LogP contribution >= 0.6 is 0 Å². The number of Topliss-reactive ketones (excluding diaryl/α,β-unsaturated/α-hetero) is 1. The molecule has 0 unspecified atom stereocenters. The summed E-state index contributed by atoms with van der Waals surface area (Å²) in [4.78, 5) is 14.9. The predicted molar refractivity (Wildman–Crippen MR) is 78.9 cm³/mol. The number of carbonyl (C=O) groups is 1. The first-order valence-corrected chi connectivity index (χ1v) is 6.84. The van der Waals surface area contributed by atoms with Gasteiger partial charge >= 0.3 is 0 Å². The third-order valence-corrected chi connectivity index (χ3v) is 3.10. The van der Waals surface area contributed by atoms with Gasteiger partial charge < -0.3 is 9.53 Å². The highest BCUT2D eigenvalue weighted by Gasteiger charge is 1.99. The maximum Gasteiger partial charge on any atom is 0.130 e. The lowest BCUT2D eigenvalue weighted by Gasteiger charge is -2.07. The molecule has 0 saturated heterocycles. The van der Waals surface area contributed by atoms with E-state index in [1.807, 2.05) is 36.4 Å². The second-order valence-corrected chi connectivity index (χ2v) is 4.80. The van der Waals surface area contributed by atoms with Crippen molar-refractivity contribution >= 4 is 5.78 Å². The van der Waals surface area contributed by atoms with Gasteiger partial charge in [0.25, 0.3) is 0 Å². The van der Waals surface area contributed by atoms with E-state index in [1.54, 1.807) is 19.3 Å². The minimum atomic E-state index is 0.225. The average molecular weight is 269 g/mol. The molecule has 0 spiro atoms. The zero-order valence-corrected chi connectivity index (χ0v) is 11.7. The van der Waals surface area contributed by atoms with Crippen molar-refractivity contribution < 1.29 is 9.53 Å². The van der Waals surface area contributed by atoms with E-state index in [0.717, 1.165) is 18.6 Å². The topological polar surface area (TPSA) is 39.2 Å². The van der Waals surface area contributed by atoms with E-state index >= 15 is 0 Å². The van der Waals surface area contributed by atoms with E-state index < -0.39 is 0 Å². The van der Waals surface area contributed by atoms with Crippen LogP contribution < -0.4 is 4.74 Å². The Labute approximate surface area is 119 Å². The first-order valence-electron chi connectivity index (χ1n) is 6.84. The summed E-state index contributed by atoms with van der Waals surface area (Å²) in [5.74, 6) is 1.09. The molecule has 0 amide bonds. The highest BCUT2D eigenvalue weighted by Crippen LogP contribution is 2.14. The van der Waals surface area contributed by atoms with Gasteiger partial charge in [0.2, 0.25) is 0 Å². The molecule has 0 aliphatic carbocycles. The molecule has 0 bridgehead atoms. The van der Waals surface area contributed by atoms with E-state index in [4.69, 9.17) is 4.74 Å². The maximum absolute atomic E-state index is 10.9. The van der Waals surface area contributed by atoms with E-state index in [1.165, 1.54) is 11.1 Å². The summed E-state index contributed by atoms with van der Waals surface area (Å²) in [6.07, 6.45) is 5.85. The zero-order valence-electron chi connectivity index (χ0n) is 11.7. The zero-order chi connectivity index (χ0) is 14.2. The average Bonchev–Trinajstić information content (AvgIpc) is 2.47. The number of pyridine rings is 1. The first-order chi connectivity index (χ1) is 9.74. The van der Waals surface area contributed by atoms with Gasteiger partial charge in [-0.2, -0.15) is 0 Å². The molecule has 3 heteroatoms.